The first kappa shape index (κ1) is 14.4. The zero-order chi connectivity index (χ0) is 14.0. The fraction of sp³-hybridized carbons (Fsp3) is 0.0769. The molecule has 0 amide bonds. The average molecular weight is 365 g/mol. The Hall–Kier alpha value is -0.970. The number of nitrogen functional groups attached to an aromatic ring is 1. The summed E-state index contributed by atoms with van der Waals surface area (Å²) < 4.78 is 19.1. The highest BCUT2D eigenvalue weighted by molar-refractivity contribution is 9.10. The maximum atomic E-state index is 13.1. The maximum Gasteiger partial charge on any atom is 0.157 e. The van der Waals surface area contributed by atoms with Crippen molar-refractivity contribution in [2.75, 3.05) is 5.73 Å². The first-order valence-electron chi connectivity index (χ1n) is 5.28. The Morgan fingerprint density at radius 1 is 1.21 bits per heavy atom. The smallest absolute Gasteiger partial charge is 0.157 e. The Labute approximate surface area is 128 Å². The van der Waals surface area contributed by atoms with Gasteiger partial charge in [-0.25, -0.2) is 4.39 Å². The minimum Gasteiger partial charge on any atom is -0.485 e. The lowest BCUT2D eigenvalue weighted by Gasteiger charge is -2.12. The number of anilines is 1. The second kappa shape index (κ2) is 5.99. The second-order valence-corrected chi connectivity index (χ2v) is 5.53. The lowest BCUT2D eigenvalue weighted by atomic mass is 10.2. The van der Waals surface area contributed by atoms with Crippen LogP contribution >= 0.6 is 39.1 Å². The van der Waals surface area contributed by atoms with Gasteiger partial charge in [0, 0.05) is 21.7 Å². The molecule has 0 spiro atoms. The van der Waals surface area contributed by atoms with Crippen molar-refractivity contribution in [1.82, 2.24) is 0 Å². The first-order chi connectivity index (χ1) is 8.97. The molecule has 2 aromatic carbocycles. The molecule has 0 bridgehead atoms. The molecule has 0 aliphatic rings. The van der Waals surface area contributed by atoms with Crippen LogP contribution in [0.4, 0.5) is 10.1 Å². The molecule has 2 N–H and O–H groups in total. The molecule has 2 aromatic rings. The largest absolute Gasteiger partial charge is 0.485 e. The summed E-state index contributed by atoms with van der Waals surface area (Å²) in [5.74, 6) is -0.0602. The summed E-state index contributed by atoms with van der Waals surface area (Å²) in [4.78, 5) is 0. The molecule has 0 saturated heterocycles. The van der Waals surface area contributed by atoms with Crippen LogP contribution in [0.25, 0.3) is 0 Å². The van der Waals surface area contributed by atoms with Crippen LogP contribution in [0.5, 0.6) is 5.75 Å². The Morgan fingerprint density at radius 3 is 2.63 bits per heavy atom. The summed E-state index contributed by atoms with van der Waals surface area (Å²) in [6, 6.07) is 7.56. The van der Waals surface area contributed by atoms with E-state index in [1.807, 2.05) is 0 Å². The number of nitrogens with two attached hydrogens (primary N) is 1. The highest BCUT2D eigenvalue weighted by Gasteiger charge is 2.10. The fourth-order valence-corrected chi connectivity index (χ4v) is 2.47. The van der Waals surface area contributed by atoms with Gasteiger partial charge in [-0.1, -0.05) is 23.2 Å². The topological polar surface area (TPSA) is 35.2 Å². The normalized spacial score (nSPS) is 10.5. The molecule has 0 saturated carbocycles. The van der Waals surface area contributed by atoms with Gasteiger partial charge in [-0.3, -0.25) is 0 Å². The molecular formula is C13H9BrCl2FNO. The fourth-order valence-electron chi connectivity index (χ4n) is 1.54. The third kappa shape index (κ3) is 3.53. The van der Waals surface area contributed by atoms with E-state index in [0.717, 1.165) is 5.56 Å². The van der Waals surface area contributed by atoms with Gasteiger partial charge >= 0.3 is 0 Å². The van der Waals surface area contributed by atoms with E-state index >= 15 is 0 Å². The van der Waals surface area contributed by atoms with Gasteiger partial charge in [-0.05, 0) is 40.2 Å². The molecule has 19 heavy (non-hydrogen) atoms. The third-order valence-electron chi connectivity index (χ3n) is 2.42. The summed E-state index contributed by atoms with van der Waals surface area (Å²) in [7, 11) is 0. The highest BCUT2D eigenvalue weighted by atomic mass is 79.9. The Balaban J connectivity index is 2.21. The van der Waals surface area contributed by atoms with Crippen molar-refractivity contribution in [3.63, 3.8) is 0 Å². The summed E-state index contributed by atoms with van der Waals surface area (Å²) in [5.41, 5.74) is 6.64. The first-order valence-corrected chi connectivity index (χ1v) is 6.83. The third-order valence-corrected chi connectivity index (χ3v) is 3.61. The molecule has 6 heteroatoms. The van der Waals surface area contributed by atoms with Gasteiger partial charge < -0.3 is 10.5 Å². The van der Waals surface area contributed by atoms with E-state index in [1.54, 1.807) is 18.2 Å². The van der Waals surface area contributed by atoms with Gasteiger partial charge in [-0.2, -0.15) is 0 Å². The van der Waals surface area contributed by atoms with Crippen molar-refractivity contribution in [3.8, 4) is 5.75 Å². The number of hydrogen-bond donors (Lipinski definition) is 1. The monoisotopic (exact) mass is 363 g/mol. The number of hydrogen-bond acceptors (Lipinski definition) is 2. The van der Waals surface area contributed by atoms with Crippen molar-refractivity contribution in [3.05, 3.63) is 56.2 Å². The Kier molecular flexibility index (Phi) is 4.55. The van der Waals surface area contributed by atoms with Crippen molar-refractivity contribution in [2.24, 2.45) is 0 Å². The lowest BCUT2D eigenvalue weighted by molar-refractivity contribution is 0.305. The van der Waals surface area contributed by atoms with Crippen LogP contribution in [0.1, 0.15) is 5.56 Å². The molecule has 0 aromatic heterocycles. The number of benzene rings is 2. The summed E-state index contributed by atoms with van der Waals surface area (Å²) >= 11 is 15.1. The van der Waals surface area contributed by atoms with Crippen molar-refractivity contribution in [2.45, 2.75) is 6.61 Å². The Bertz CT molecular complexity index is 599. The molecule has 0 unspecified atom stereocenters. The van der Waals surface area contributed by atoms with E-state index in [9.17, 15) is 4.39 Å². The van der Waals surface area contributed by atoms with E-state index in [0.29, 0.717) is 20.3 Å². The molecule has 0 radical (unpaired) electrons. The molecule has 0 fully saturated rings. The van der Waals surface area contributed by atoms with Crippen molar-refractivity contribution in [1.29, 1.82) is 0 Å². The number of rotatable bonds is 3. The van der Waals surface area contributed by atoms with E-state index in [1.165, 1.54) is 12.1 Å². The number of ether oxygens (including phenoxy) is 1. The van der Waals surface area contributed by atoms with Gasteiger partial charge in [0.2, 0.25) is 0 Å². The molecule has 2 rings (SSSR count). The van der Waals surface area contributed by atoms with E-state index in [2.05, 4.69) is 15.9 Å². The zero-order valence-electron chi connectivity index (χ0n) is 9.59. The highest BCUT2D eigenvalue weighted by Crippen LogP contribution is 2.33. The standard InChI is InChI=1S/C13H9BrCl2FNO/c14-10-4-9(17)5-12(18)13(10)19-6-7-3-8(15)1-2-11(7)16/h1-5H,6,18H2. The SMILES string of the molecule is Nc1cc(F)cc(Br)c1OCc1cc(Cl)ccc1Cl. The molecule has 0 aliphatic heterocycles. The summed E-state index contributed by atoms with van der Waals surface area (Å²) in [6.07, 6.45) is 0. The van der Waals surface area contributed by atoms with Crippen LogP contribution in [0, 0.1) is 5.82 Å². The van der Waals surface area contributed by atoms with Gasteiger partial charge in [0.15, 0.2) is 5.75 Å². The number of halogens is 4. The molecule has 0 aliphatic carbocycles. The summed E-state index contributed by atoms with van der Waals surface area (Å²) in [6.45, 7) is 0.188. The van der Waals surface area contributed by atoms with Crippen LogP contribution in [0.2, 0.25) is 10.0 Å². The van der Waals surface area contributed by atoms with E-state index < -0.39 is 5.82 Å². The van der Waals surface area contributed by atoms with Crippen molar-refractivity contribution >= 4 is 44.8 Å². The zero-order valence-corrected chi connectivity index (χ0v) is 12.7. The van der Waals surface area contributed by atoms with Crippen LogP contribution in [-0.4, -0.2) is 0 Å². The van der Waals surface area contributed by atoms with E-state index in [-0.39, 0.29) is 12.3 Å². The lowest BCUT2D eigenvalue weighted by Crippen LogP contribution is -2.01. The quantitative estimate of drug-likeness (QED) is 0.773. The van der Waals surface area contributed by atoms with Gasteiger partial charge in [0.1, 0.15) is 12.4 Å². The predicted octanol–water partition coefficient (Wildman–Crippen LogP) is 5.06. The van der Waals surface area contributed by atoms with E-state index in [4.69, 9.17) is 33.7 Å². The average Bonchev–Trinajstić information content (AvgIpc) is 2.32. The molecule has 0 atom stereocenters. The van der Waals surface area contributed by atoms with Crippen LogP contribution in [-0.2, 0) is 6.61 Å². The maximum absolute atomic E-state index is 13.1. The van der Waals surface area contributed by atoms with Crippen LogP contribution in [0.15, 0.2) is 34.8 Å². The van der Waals surface area contributed by atoms with Gasteiger partial charge in [0.05, 0.1) is 10.2 Å². The minimum atomic E-state index is -0.433. The molecule has 0 heterocycles. The molecule has 2 nitrogen and oxygen atoms in total. The minimum absolute atomic E-state index is 0.188. The van der Waals surface area contributed by atoms with Gasteiger partial charge in [-0.15, -0.1) is 0 Å². The molecular weight excluding hydrogens is 356 g/mol. The molecule has 100 valence electrons. The van der Waals surface area contributed by atoms with Gasteiger partial charge in [0.25, 0.3) is 0 Å². The van der Waals surface area contributed by atoms with Crippen LogP contribution in [0.3, 0.4) is 0 Å². The summed E-state index contributed by atoms with van der Waals surface area (Å²) in [5, 5.41) is 1.11. The van der Waals surface area contributed by atoms with Crippen molar-refractivity contribution < 1.29 is 9.13 Å². The van der Waals surface area contributed by atoms with Crippen LogP contribution < -0.4 is 10.5 Å². The second-order valence-electron chi connectivity index (χ2n) is 3.83. The Morgan fingerprint density at radius 2 is 1.95 bits per heavy atom. The predicted molar refractivity (Wildman–Crippen MR) is 79.3 cm³/mol.